The Hall–Kier alpha value is -1.35. The Morgan fingerprint density at radius 2 is 2.11 bits per heavy atom. The second-order valence-corrected chi connectivity index (χ2v) is 5.68. The molecule has 0 bridgehead atoms. The number of fused-ring (bicyclic) bond motifs is 1. The van der Waals surface area contributed by atoms with E-state index >= 15 is 0 Å². The molecule has 18 heavy (non-hydrogen) atoms. The Bertz CT molecular complexity index is 570. The van der Waals surface area contributed by atoms with Crippen LogP contribution >= 0.6 is 0 Å². The van der Waals surface area contributed by atoms with Crippen LogP contribution in [0.15, 0.2) is 12.1 Å². The van der Waals surface area contributed by atoms with Crippen molar-refractivity contribution in [1.29, 1.82) is 0 Å². The summed E-state index contributed by atoms with van der Waals surface area (Å²) in [6.45, 7) is 7.63. The van der Waals surface area contributed by atoms with Crippen molar-refractivity contribution in [1.82, 2.24) is 15.3 Å². The number of piperidine rings is 1. The molecule has 3 rings (SSSR count). The Morgan fingerprint density at radius 1 is 1.28 bits per heavy atom. The van der Waals surface area contributed by atoms with E-state index in [1.165, 1.54) is 35.3 Å². The molecule has 0 radical (unpaired) electrons. The van der Waals surface area contributed by atoms with Gasteiger partial charge < -0.3 is 10.3 Å². The van der Waals surface area contributed by atoms with Crippen molar-refractivity contribution in [3.05, 3.63) is 29.1 Å². The highest BCUT2D eigenvalue weighted by atomic mass is 15.0. The van der Waals surface area contributed by atoms with Crippen LogP contribution in [0, 0.1) is 13.8 Å². The van der Waals surface area contributed by atoms with Gasteiger partial charge in [-0.1, -0.05) is 6.07 Å². The van der Waals surface area contributed by atoms with E-state index in [0.29, 0.717) is 12.0 Å². The average molecular weight is 243 g/mol. The summed E-state index contributed by atoms with van der Waals surface area (Å²) in [6.07, 6.45) is 2.36. The van der Waals surface area contributed by atoms with Gasteiger partial charge in [0, 0.05) is 12.0 Å². The lowest BCUT2D eigenvalue weighted by Crippen LogP contribution is -2.35. The molecule has 0 saturated carbocycles. The minimum absolute atomic E-state index is 0.577. The molecule has 0 aliphatic carbocycles. The van der Waals surface area contributed by atoms with Crippen LogP contribution in [-0.2, 0) is 0 Å². The van der Waals surface area contributed by atoms with Crippen LogP contribution in [0.2, 0.25) is 0 Å². The number of benzene rings is 1. The first-order chi connectivity index (χ1) is 8.63. The summed E-state index contributed by atoms with van der Waals surface area (Å²) >= 11 is 0. The maximum atomic E-state index is 4.83. The average Bonchev–Trinajstić information content (AvgIpc) is 2.73. The van der Waals surface area contributed by atoms with E-state index in [1.54, 1.807) is 0 Å². The minimum atomic E-state index is 0.577. The molecule has 1 saturated heterocycles. The fourth-order valence-electron chi connectivity index (χ4n) is 3.06. The summed E-state index contributed by atoms with van der Waals surface area (Å²) < 4.78 is 0. The number of aromatic nitrogens is 2. The number of H-pyrrole nitrogens is 1. The fraction of sp³-hybridized carbons (Fsp3) is 0.533. The van der Waals surface area contributed by atoms with E-state index in [0.717, 1.165) is 12.1 Å². The van der Waals surface area contributed by atoms with Crippen LogP contribution in [0.1, 0.15) is 42.6 Å². The first kappa shape index (κ1) is 11.7. The number of rotatable bonds is 1. The Labute approximate surface area is 108 Å². The van der Waals surface area contributed by atoms with Crippen molar-refractivity contribution in [3.63, 3.8) is 0 Å². The summed E-state index contributed by atoms with van der Waals surface area (Å²) in [4.78, 5) is 8.36. The molecule has 0 spiro atoms. The molecule has 1 fully saturated rings. The van der Waals surface area contributed by atoms with Crippen molar-refractivity contribution in [3.8, 4) is 0 Å². The third-order valence-corrected chi connectivity index (χ3v) is 3.95. The highest BCUT2D eigenvalue weighted by molar-refractivity contribution is 5.79. The fourth-order valence-corrected chi connectivity index (χ4v) is 3.06. The standard InChI is InChI=1S/C15H21N3/c1-9-6-10(2)14-13(7-9)17-15(18-14)12-4-5-16-11(3)8-12/h6-7,11-12,16H,4-5,8H2,1-3H3,(H,17,18). The summed E-state index contributed by atoms with van der Waals surface area (Å²) in [7, 11) is 0. The van der Waals surface area contributed by atoms with E-state index in [4.69, 9.17) is 4.98 Å². The Balaban J connectivity index is 2.00. The zero-order valence-electron chi connectivity index (χ0n) is 11.4. The summed E-state index contributed by atoms with van der Waals surface area (Å²) in [5.74, 6) is 1.75. The van der Waals surface area contributed by atoms with Gasteiger partial charge in [-0.2, -0.15) is 0 Å². The van der Waals surface area contributed by atoms with Gasteiger partial charge in [-0.3, -0.25) is 0 Å². The SMILES string of the molecule is Cc1cc(C)c2nc(C3CCNC(C)C3)[nH]c2c1. The lowest BCUT2D eigenvalue weighted by atomic mass is 9.93. The molecule has 1 aromatic carbocycles. The molecule has 2 atom stereocenters. The molecule has 1 aliphatic rings. The summed E-state index contributed by atoms with van der Waals surface area (Å²) in [6, 6.07) is 5.00. The van der Waals surface area contributed by atoms with Crippen molar-refractivity contribution in [2.75, 3.05) is 6.54 Å². The second-order valence-electron chi connectivity index (χ2n) is 5.68. The lowest BCUT2D eigenvalue weighted by molar-refractivity contribution is 0.373. The molecule has 1 aromatic heterocycles. The van der Waals surface area contributed by atoms with Gasteiger partial charge in [-0.25, -0.2) is 4.98 Å². The van der Waals surface area contributed by atoms with Crippen LogP contribution in [-0.4, -0.2) is 22.6 Å². The number of nitrogens with one attached hydrogen (secondary N) is 2. The van der Waals surface area contributed by atoms with E-state index in [1.807, 2.05) is 0 Å². The van der Waals surface area contributed by atoms with Gasteiger partial charge in [0.2, 0.25) is 0 Å². The number of hydrogen-bond acceptors (Lipinski definition) is 2. The quantitative estimate of drug-likeness (QED) is 0.808. The van der Waals surface area contributed by atoms with Crippen molar-refractivity contribution >= 4 is 11.0 Å². The molecule has 2 heterocycles. The second kappa shape index (κ2) is 4.39. The van der Waals surface area contributed by atoms with Crippen LogP contribution in [0.3, 0.4) is 0 Å². The van der Waals surface area contributed by atoms with Gasteiger partial charge in [0.15, 0.2) is 0 Å². The molecule has 3 heteroatoms. The highest BCUT2D eigenvalue weighted by Gasteiger charge is 2.22. The molecule has 0 amide bonds. The zero-order chi connectivity index (χ0) is 12.7. The number of aromatic amines is 1. The van der Waals surface area contributed by atoms with Crippen LogP contribution < -0.4 is 5.32 Å². The van der Waals surface area contributed by atoms with Crippen LogP contribution in [0.25, 0.3) is 11.0 Å². The third kappa shape index (κ3) is 2.03. The zero-order valence-corrected chi connectivity index (χ0v) is 11.4. The molecule has 1 aliphatic heterocycles. The first-order valence-electron chi connectivity index (χ1n) is 6.83. The molecular weight excluding hydrogens is 222 g/mol. The van der Waals surface area contributed by atoms with Gasteiger partial charge in [0.1, 0.15) is 5.82 Å². The monoisotopic (exact) mass is 243 g/mol. The predicted molar refractivity (Wildman–Crippen MR) is 75.0 cm³/mol. The first-order valence-corrected chi connectivity index (χ1v) is 6.83. The maximum Gasteiger partial charge on any atom is 0.110 e. The Kier molecular flexibility index (Phi) is 2.86. The van der Waals surface area contributed by atoms with Gasteiger partial charge in [0.25, 0.3) is 0 Å². The normalized spacial score (nSPS) is 24.6. The molecule has 3 nitrogen and oxygen atoms in total. The summed E-state index contributed by atoms with van der Waals surface area (Å²) in [5.41, 5.74) is 4.90. The third-order valence-electron chi connectivity index (χ3n) is 3.95. The molecule has 2 unspecified atom stereocenters. The van der Waals surface area contributed by atoms with Gasteiger partial charge >= 0.3 is 0 Å². The van der Waals surface area contributed by atoms with E-state index in [-0.39, 0.29) is 0 Å². The molecular formula is C15H21N3. The van der Waals surface area contributed by atoms with E-state index in [2.05, 4.69) is 43.2 Å². The maximum absolute atomic E-state index is 4.83. The predicted octanol–water partition coefficient (Wildman–Crippen LogP) is 3.04. The number of nitrogens with zero attached hydrogens (tertiary/aromatic N) is 1. The Morgan fingerprint density at radius 3 is 2.89 bits per heavy atom. The topological polar surface area (TPSA) is 40.7 Å². The van der Waals surface area contributed by atoms with Crippen LogP contribution in [0.5, 0.6) is 0 Å². The van der Waals surface area contributed by atoms with Gasteiger partial charge in [0.05, 0.1) is 11.0 Å². The van der Waals surface area contributed by atoms with Crippen LogP contribution in [0.4, 0.5) is 0 Å². The lowest BCUT2D eigenvalue weighted by Gasteiger charge is -2.26. The van der Waals surface area contributed by atoms with E-state index in [9.17, 15) is 0 Å². The van der Waals surface area contributed by atoms with Crippen molar-refractivity contribution < 1.29 is 0 Å². The minimum Gasteiger partial charge on any atom is -0.342 e. The highest BCUT2D eigenvalue weighted by Crippen LogP contribution is 2.28. The smallest absolute Gasteiger partial charge is 0.110 e. The number of aryl methyl sites for hydroxylation is 2. The van der Waals surface area contributed by atoms with Gasteiger partial charge in [-0.15, -0.1) is 0 Å². The largest absolute Gasteiger partial charge is 0.342 e. The van der Waals surface area contributed by atoms with Crippen molar-refractivity contribution in [2.24, 2.45) is 0 Å². The van der Waals surface area contributed by atoms with Crippen molar-refractivity contribution in [2.45, 2.75) is 45.6 Å². The molecule has 2 N–H and O–H groups in total. The molecule has 96 valence electrons. The number of hydrogen-bond donors (Lipinski definition) is 2. The number of imidazole rings is 1. The summed E-state index contributed by atoms with van der Waals surface area (Å²) in [5, 5.41) is 3.49. The molecule has 2 aromatic rings. The van der Waals surface area contributed by atoms with E-state index < -0.39 is 0 Å². The van der Waals surface area contributed by atoms with Gasteiger partial charge in [-0.05, 0) is 57.4 Å².